The maximum atomic E-state index is 13.2. The summed E-state index contributed by atoms with van der Waals surface area (Å²) in [7, 11) is 0. The lowest BCUT2D eigenvalue weighted by atomic mass is 10.1. The van der Waals surface area contributed by atoms with Gasteiger partial charge in [-0.2, -0.15) is 18.3 Å². The van der Waals surface area contributed by atoms with Gasteiger partial charge < -0.3 is 15.3 Å². The fraction of sp³-hybridized carbons (Fsp3) is 0.294. The molecule has 0 atom stereocenters. The van der Waals surface area contributed by atoms with Crippen LogP contribution in [0.2, 0.25) is 0 Å². The van der Waals surface area contributed by atoms with E-state index in [4.69, 9.17) is 5.11 Å². The number of halogens is 3. The third-order valence-corrected chi connectivity index (χ3v) is 4.07. The van der Waals surface area contributed by atoms with Crippen molar-refractivity contribution >= 4 is 29.3 Å². The molecule has 0 unspecified atom stereocenters. The summed E-state index contributed by atoms with van der Waals surface area (Å²) in [6, 6.07) is 4.05. The van der Waals surface area contributed by atoms with E-state index in [1.54, 1.807) is 0 Å². The first-order chi connectivity index (χ1) is 13.1. The summed E-state index contributed by atoms with van der Waals surface area (Å²) in [6.45, 7) is -0.151. The summed E-state index contributed by atoms with van der Waals surface area (Å²) in [5.41, 5.74) is -1.34. The second kappa shape index (κ2) is 7.33. The maximum Gasteiger partial charge on any atom is 0.416 e. The highest BCUT2D eigenvalue weighted by Gasteiger charge is 2.33. The molecule has 0 aliphatic carbocycles. The lowest BCUT2D eigenvalue weighted by Crippen LogP contribution is -2.25. The first-order valence-electron chi connectivity index (χ1n) is 8.23. The minimum atomic E-state index is -4.70. The van der Waals surface area contributed by atoms with Gasteiger partial charge in [0.2, 0.25) is 5.91 Å². The van der Waals surface area contributed by atoms with E-state index in [0.717, 1.165) is 10.7 Å². The second-order valence-electron chi connectivity index (χ2n) is 6.16. The van der Waals surface area contributed by atoms with Gasteiger partial charge in [-0.05, 0) is 24.6 Å². The van der Waals surface area contributed by atoms with Crippen LogP contribution in [0, 0.1) is 0 Å². The molecule has 11 heteroatoms. The number of hydrogen-bond acceptors (Lipinski definition) is 4. The SMILES string of the molecule is O=C(O)Cn1ccc(NC(=O)c2cc(N3CCCC3=O)cc(C(F)(F)F)c2)n1. The highest BCUT2D eigenvalue weighted by atomic mass is 19.4. The van der Waals surface area contributed by atoms with Crippen molar-refractivity contribution in [3.05, 3.63) is 41.6 Å². The van der Waals surface area contributed by atoms with E-state index in [-0.39, 0.29) is 35.9 Å². The van der Waals surface area contributed by atoms with Gasteiger partial charge in [0.15, 0.2) is 5.82 Å². The monoisotopic (exact) mass is 396 g/mol. The summed E-state index contributed by atoms with van der Waals surface area (Å²) in [4.78, 5) is 36.2. The lowest BCUT2D eigenvalue weighted by molar-refractivity contribution is -0.138. The van der Waals surface area contributed by atoms with E-state index in [9.17, 15) is 27.6 Å². The van der Waals surface area contributed by atoms with Crippen molar-refractivity contribution in [3.63, 3.8) is 0 Å². The van der Waals surface area contributed by atoms with Crippen molar-refractivity contribution in [2.75, 3.05) is 16.8 Å². The summed E-state index contributed by atoms with van der Waals surface area (Å²) >= 11 is 0. The molecular formula is C17H15F3N4O4. The van der Waals surface area contributed by atoms with E-state index in [0.29, 0.717) is 12.5 Å². The zero-order valence-corrected chi connectivity index (χ0v) is 14.4. The number of carboxylic acids is 1. The molecule has 1 aliphatic heterocycles. The van der Waals surface area contributed by atoms with Crippen LogP contribution in [0.15, 0.2) is 30.5 Å². The van der Waals surface area contributed by atoms with Crippen LogP contribution in [-0.4, -0.2) is 39.2 Å². The van der Waals surface area contributed by atoms with Crippen molar-refractivity contribution in [3.8, 4) is 0 Å². The van der Waals surface area contributed by atoms with Crippen LogP contribution in [0.5, 0.6) is 0 Å². The van der Waals surface area contributed by atoms with Crippen molar-refractivity contribution in [2.45, 2.75) is 25.6 Å². The molecule has 1 saturated heterocycles. The van der Waals surface area contributed by atoms with Crippen molar-refractivity contribution in [1.82, 2.24) is 9.78 Å². The highest BCUT2D eigenvalue weighted by Crippen LogP contribution is 2.34. The zero-order valence-electron chi connectivity index (χ0n) is 14.4. The van der Waals surface area contributed by atoms with Crippen LogP contribution < -0.4 is 10.2 Å². The van der Waals surface area contributed by atoms with Gasteiger partial charge in [0.05, 0.1) is 5.56 Å². The van der Waals surface area contributed by atoms with Crippen LogP contribution in [0.25, 0.3) is 0 Å². The molecule has 0 bridgehead atoms. The van der Waals surface area contributed by atoms with Crippen LogP contribution in [0.4, 0.5) is 24.7 Å². The highest BCUT2D eigenvalue weighted by molar-refractivity contribution is 6.05. The molecule has 0 spiro atoms. The topological polar surface area (TPSA) is 105 Å². The standard InChI is InChI=1S/C17H15F3N4O4/c18-17(19,20)11-6-10(7-12(8-11)24-4-1-2-14(24)25)16(28)21-13-3-5-23(22-13)9-15(26)27/h3,5-8H,1-2,4,9H2,(H,26,27)(H,21,22,28). The third kappa shape index (κ3) is 4.30. The number of carbonyl (C=O) groups excluding carboxylic acids is 2. The number of benzene rings is 1. The Bertz CT molecular complexity index is 939. The Balaban J connectivity index is 1.89. The van der Waals surface area contributed by atoms with E-state index < -0.39 is 30.2 Å². The molecule has 28 heavy (non-hydrogen) atoms. The summed E-state index contributed by atoms with van der Waals surface area (Å²) in [6.07, 6.45) is -2.63. The van der Waals surface area contributed by atoms with E-state index in [1.165, 1.54) is 23.2 Å². The minimum Gasteiger partial charge on any atom is -0.480 e. The quantitative estimate of drug-likeness (QED) is 0.808. The summed E-state index contributed by atoms with van der Waals surface area (Å²) < 4.78 is 40.8. The number of nitrogens with zero attached hydrogens (tertiary/aromatic N) is 3. The average Bonchev–Trinajstić information content (AvgIpc) is 3.22. The normalized spacial score (nSPS) is 14.4. The van der Waals surface area contributed by atoms with Gasteiger partial charge in [-0.25, -0.2) is 0 Å². The van der Waals surface area contributed by atoms with Crippen LogP contribution >= 0.6 is 0 Å². The Morgan fingerprint density at radius 2 is 2.00 bits per heavy atom. The van der Waals surface area contributed by atoms with Crippen molar-refractivity contribution in [2.24, 2.45) is 0 Å². The lowest BCUT2D eigenvalue weighted by Gasteiger charge is -2.19. The van der Waals surface area contributed by atoms with E-state index >= 15 is 0 Å². The predicted molar refractivity (Wildman–Crippen MR) is 90.8 cm³/mol. The molecule has 2 heterocycles. The number of hydrogen-bond donors (Lipinski definition) is 2. The van der Waals surface area contributed by atoms with Gasteiger partial charge >= 0.3 is 12.1 Å². The first-order valence-corrected chi connectivity index (χ1v) is 8.23. The number of amides is 2. The Labute approximate surface area is 156 Å². The molecule has 2 aromatic rings. The molecule has 0 saturated carbocycles. The van der Waals surface area contributed by atoms with Gasteiger partial charge in [0.25, 0.3) is 5.91 Å². The smallest absolute Gasteiger partial charge is 0.416 e. The van der Waals surface area contributed by atoms with E-state index in [1.807, 2.05) is 0 Å². The third-order valence-electron chi connectivity index (χ3n) is 4.07. The average molecular weight is 396 g/mol. The molecule has 3 rings (SSSR count). The number of nitrogens with one attached hydrogen (secondary N) is 1. The van der Waals surface area contributed by atoms with Crippen LogP contribution in [-0.2, 0) is 22.3 Å². The van der Waals surface area contributed by atoms with Crippen molar-refractivity contribution < 1.29 is 32.7 Å². The molecule has 148 valence electrons. The number of alkyl halides is 3. The molecule has 1 fully saturated rings. The van der Waals surface area contributed by atoms with Crippen LogP contribution in [0.3, 0.4) is 0 Å². The summed E-state index contributed by atoms with van der Waals surface area (Å²) in [5, 5.41) is 14.9. The largest absolute Gasteiger partial charge is 0.480 e. The number of carboxylic acid groups (broad SMARTS) is 1. The van der Waals surface area contributed by atoms with Crippen LogP contribution in [0.1, 0.15) is 28.8 Å². The Morgan fingerprint density at radius 1 is 1.25 bits per heavy atom. The molecule has 2 N–H and O–H groups in total. The fourth-order valence-electron chi connectivity index (χ4n) is 2.83. The van der Waals surface area contributed by atoms with Gasteiger partial charge in [-0.3, -0.25) is 19.1 Å². The molecule has 1 aromatic heterocycles. The van der Waals surface area contributed by atoms with E-state index in [2.05, 4.69) is 10.4 Å². The fourth-order valence-corrected chi connectivity index (χ4v) is 2.83. The predicted octanol–water partition coefficient (Wildman–Crippen LogP) is 2.37. The first kappa shape index (κ1) is 19.4. The number of carbonyl (C=O) groups is 3. The second-order valence-corrected chi connectivity index (χ2v) is 6.16. The number of aromatic nitrogens is 2. The maximum absolute atomic E-state index is 13.2. The van der Waals surface area contributed by atoms with Gasteiger partial charge in [0.1, 0.15) is 6.54 Å². The van der Waals surface area contributed by atoms with Crippen molar-refractivity contribution in [1.29, 1.82) is 0 Å². The Morgan fingerprint density at radius 3 is 2.61 bits per heavy atom. The molecular weight excluding hydrogens is 381 g/mol. The number of aliphatic carboxylic acids is 1. The Kier molecular flexibility index (Phi) is 5.08. The molecule has 0 radical (unpaired) electrons. The van der Waals surface area contributed by atoms with Gasteiger partial charge in [-0.1, -0.05) is 0 Å². The summed E-state index contributed by atoms with van der Waals surface area (Å²) in [5.74, 6) is -2.32. The van der Waals surface area contributed by atoms with Gasteiger partial charge in [0, 0.05) is 36.5 Å². The molecule has 8 nitrogen and oxygen atoms in total. The molecule has 1 aromatic carbocycles. The van der Waals surface area contributed by atoms with Gasteiger partial charge in [-0.15, -0.1) is 0 Å². The number of anilines is 2. The number of rotatable bonds is 5. The zero-order chi connectivity index (χ0) is 20.5. The minimum absolute atomic E-state index is 0.00104. The molecule has 1 aliphatic rings. The molecule has 2 amide bonds. The Hall–Kier alpha value is -3.37.